The Balaban J connectivity index is 2.64. The van der Waals surface area contributed by atoms with Crippen LogP contribution in [0.1, 0.15) is 22.3 Å². The molecular formula is C6H9N5O2S. The van der Waals surface area contributed by atoms with Crippen molar-refractivity contribution < 1.29 is 9.59 Å². The first-order valence-electron chi connectivity index (χ1n) is 3.82. The molecule has 0 aliphatic heterocycles. The molecule has 1 aromatic heterocycles. The topological polar surface area (TPSA) is 110 Å². The summed E-state index contributed by atoms with van der Waals surface area (Å²) >= 11 is 0.969. The molecule has 0 aliphatic rings. The molecule has 4 N–H and O–H groups in total. The maximum Gasteiger partial charge on any atom is 0.330 e. The van der Waals surface area contributed by atoms with Crippen LogP contribution in [-0.2, 0) is 6.42 Å². The van der Waals surface area contributed by atoms with E-state index in [0.717, 1.165) is 11.5 Å². The fourth-order valence-electron chi connectivity index (χ4n) is 0.788. The van der Waals surface area contributed by atoms with Gasteiger partial charge in [-0.15, -0.1) is 5.10 Å². The molecule has 76 valence electrons. The number of aryl methyl sites for hydroxylation is 1. The van der Waals surface area contributed by atoms with E-state index in [-0.39, 0.29) is 0 Å². The van der Waals surface area contributed by atoms with Crippen LogP contribution >= 0.6 is 11.5 Å². The lowest BCUT2D eigenvalue weighted by Crippen LogP contribution is -2.44. The number of hydrazine groups is 1. The van der Waals surface area contributed by atoms with Gasteiger partial charge in [0.05, 0.1) is 5.69 Å². The van der Waals surface area contributed by atoms with Crippen molar-refractivity contribution in [1.82, 2.24) is 20.4 Å². The molecule has 3 amide bonds. The van der Waals surface area contributed by atoms with E-state index in [9.17, 15) is 9.59 Å². The molecule has 7 nitrogen and oxygen atoms in total. The molecule has 1 heterocycles. The number of primary amides is 1. The summed E-state index contributed by atoms with van der Waals surface area (Å²) < 4.78 is 3.63. The van der Waals surface area contributed by atoms with E-state index < -0.39 is 11.9 Å². The zero-order chi connectivity index (χ0) is 10.6. The highest BCUT2D eigenvalue weighted by Crippen LogP contribution is 2.09. The maximum atomic E-state index is 11.3. The van der Waals surface area contributed by atoms with Crippen molar-refractivity contribution in [3.05, 3.63) is 10.6 Å². The van der Waals surface area contributed by atoms with Gasteiger partial charge in [0.1, 0.15) is 4.88 Å². The molecule has 0 aliphatic carbocycles. The summed E-state index contributed by atoms with van der Waals surface area (Å²) in [5.74, 6) is -0.462. The lowest BCUT2D eigenvalue weighted by Gasteiger charge is -2.02. The average Bonchev–Trinajstić information content (AvgIpc) is 2.61. The number of hydrogen-bond acceptors (Lipinski definition) is 5. The highest BCUT2D eigenvalue weighted by atomic mass is 32.1. The van der Waals surface area contributed by atoms with Gasteiger partial charge in [0, 0.05) is 0 Å². The summed E-state index contributed by atoms with van der Waals surface area (Å²) in [5, 5.41) is 3.75. The van der Waals surface area contributed by atoms with Crippen molar-refractivity contribution in [1.29, 1.82) is 0 Å². The van der Waals surface area contributed by atoms with E-state index in [2.05, 4.69) is 15.0 Å². The third-order valence-corrected chi connectivity index (χ3v) is 2.16. The second kappa shape index (κ2) is 4.51. The first kappa shape index (κ1) is 10.4. The van der Waals surface area contributed by atoms with E-state index in [0.29, 0.717) is 17.0 Å². The van der Waals surface area contributed by atoms with Crippen molar-refractivity contribution in [3.63, 3.8) is 0 Å². The van der Waals surface area contributed by atoms with Crippen molar-refractivity contribution >= 4 is 23.5 Å². The molecule has 14 heavy (non-hydrogen) atoms. The summed E-state index contributed by atoms with van der Waals surface area (Å²) in [5.41, 5.74) is 9.47. The number of amides is 3. The van der Waals surface area contributed by atoms with Crippen LogP contribution in [0, 0.1) is 0 Å². The molecule has 1 rings (SSSR count). The third-order valence-electron chi connectivity index (χ3n) is 1.40. The van der Waals surface area contributed by atoms with Gasteiger partial charge in [-0.25, -0.2) is 10.2 Å². The van der Waals surface area contributed by atoms with Gasteiger partial charge < -0.3 is 5.73 Å². The van der Waals surface area contributed by atoms with E-state index in [1.54, 1.807) is 0 Å². The van der Waals surface area contributed by atoms with Gasteiger partial charge in [-0.1, -0.05) is 11.4 Å². The number of rotatable bonds is 2. The standard InChI is InChI=1S/C6H9N5O2S/c1-2-3-4(14-11-8-3)5(12)9-10-6(7)13/h2H2,1H3,(H,9,12)(H3,7,10,13). The van der Waals surface area contributed by atoms with Crippen LogP contribution in [0.3, 0.4) is 0 Å². The Morgan fingerprint density at radius 3 is 2.79 bits per heavy atom. The smallest absolute Gasteiger partial charge is 0.330 e. The number of nitrogens with one attached hydrogen (secondary N) is 2. The number of hydrogen-bond donors (Lipinski definition) is 3. The first-order valence-corrected chi connectivity index (χ1v) is 4.59. The zero-order valence-electron chi connectivity index (χ0n) is 7.40. The molecule has 0 atom stereocenters. The Morgan fingerprint density at radius 2 is 2.21 bits per heavy atom. The van der Waals surface area contributed by atoms with Crippen molar-refractivity contribution in [2.45, 2.75) is 13.3 Å². The SMILES string of the molecule is CCc1nnsc1C(=O)NNC(N)=O. The molecule has 1 aromatic rings. The van der Waals surface area contributed by atoms with Gasteiger partial charge in [-0.05, 0) is 18.0 Å². The zero-order valence-corrected chi connectivity index (χ0v) is 8.22. The minimum atomic E-state index is -0.825. The molecule has 0 aromatic carbocycles. The molecule has 0 saturated heterocycles. The fraction of sp³-hybridized carbons (Fsp3) is 0.333. The van der Waals surface area contributed by atoms with Crippen LogP contribution in [0.4, 0.5) is 4.79 Å². The summed E-state index contributed by atoms with van der Waals surface area (Å²) in [6, 6.07) is -0.825. The van der Waals surface area contributed by atoms with E-state index >= 15 is 0 Å². The normalized spacial score (nSPS) is 9.50. The van der Waals surface area contributed by atoms with Gasteiger partial charge in [-0.2, -0.15) is 0 Å². The quantitative estimate of drug-likeness (QED) is 0.573. The number of carbonyl (C=O) groups is 2. The lowest BCUT2D eigenvalue weighted by atomic mass is 10.3. The highest BCUT2D eigenvalue weighted by Gasteiger charge is 2.14. The first-order chi connectivity index (χ1) is 6.65. The second-order valence-electron chi connectivity index (χ2n) is 2.35. The minimum absolute atomic E-state index is 0.376. The summed E-state index contributed by atoms with van der Waals surface area (Å²) in [6.45, 7) is 1.86. The van der Waals surface area contributed by atoms with Crippen LogP contribution < -0.4 is 16.6 Å². The third kappa shape index (κ3) is 2.39. The van der Waals surface area contributed by atoms with Crippen molar-refractivity contribution in [2.75, 3.05) is 0 Å². The number of aromatic nitrogens is 2. The molecular weight excluding hydrogens is 206 g/mol. The fourth-order valence-corrected chi connectivity index (χ4v) is 1.43. The van der Waals surface area contributed by atoms with E-state index in [1.165, 1.54) is 0 Å². The molecule has 0 fully saturated rings. The second-order valence-corrected chi connectivity index (χ2v) is 3.10. The van der Waals surface area contributed by atoms with Gasteiger partial charge in [0.25, 0.3) is 5.91 Å². The minimum Gasteiger partial charge on any atom is -0.350 e. The molecule has 0 saturated carbocycles. The van der Waals surface area contributed by atoms with Gasteiger partial charge >= 0.3 is 6.03 Å². The predicted molar refractivity (Wildman–Crippen MR) is 49.5 cm³/mol. The average molecular weight is 215 g/mol. The van der Waals surface area contributed by atoms with E-state index in [1.807, 2.05) is 12.3 Å². The van der Waals surface area contributed by atoms with Crippen molar-refractivity contribution in [2.24, 2.45) is 5.73 Å². The van der Waals surface area contributed by atoms with Gasteiger partial charge in [0.2, 0.25) is 0 Å². The van der Waals surface area contributed by atoms with Gasteiger partial charge in [0.15, 0.2) is 0 Å². The van der Waals surface area contributed by atoms with Crippen LogP contribution in [0.25, 0.3) is 0 Å². The van der Waals surface area contributed by atoms with Gasteiger partial charge in [-0.3, -0.25) is 10.2 Å². The highest BCUT2D eigenvalue weighted by molar-refractivity contribution is 7.08. The van der Waals surface area contributed by atoms with Crippen molar-refractivity contribution in [3.8, 4) is 0 Å². The summed E-state index contributed by atoms with van der Waals surface area (Å²) in [4.78, 5) is 22.0. The molecule has 8 heteroatoms. The lowest BCUT2D eigenvalue weighted by molar-refractivity contribution is 0.0940. The van der Waals surface area contributed by atoms with Crippen LogP contribution in [-0.4, -0.2) is 21.5 Å². The Labute approximate surface area is 83.8 Å². The molecule has 0 unspecified atom stereocenters. The number of nitrogens with zero attached hydrogens (tertiary/aromatic N) is 2. The Kier molecular flexibility index (Phi) is 3.35. The Morgan fingerprint density at radius 1 is 1.50 bits per heavy atom. The number of nitrogens with two attached hydrogens (primary N) is 1. The summed E-state index contributed by atoms with van der Waals surface area (Å²) in [7, 11) is 0. The number of carbonyl (C=O) groups excluding carboxylic acids is 2. The maximum absolute atomic E-state index is 11.3. The monoisotopic (exact) mass is 215 g/mol. The predicted octanol–water partition coefficient (Wildman–Crippen LogP) is -0.586. The largest absolute Gasteiger partial charge is 0.350 e. The molecule has 0 radical (unpaired) electrons. The van der Waals surface area contributed by atoms with Crippen LogP contribution in [0.2, 0.25) is 0 Å². The summed E-state index contributed by atoms with van der Waals surface area (Å²) in [6.07, 6.45) is 0.607. The number of urea groups is 1. The Hall–Kier alpha value is -1.70. The van der Waals surface area contributed by atoms with E-state index in [4.69, 9.17) is 5.73 Å². The van der Waals surface area contributed by atoms with Crippen LogP contribution in [0.5, 0.6) is 0 Å². The molecule has 0 spiro atoms. The van der Waals surface area contributed by atoms with Crippen LogP contribution in [0.15, 0.2) is 0 Å². The Bertz CT molecular complexity index is 350. The molecule has 0 bridgehead atoms.